The molecule has 1 aromatic heterocycles. The van der Waals surface area contributed by atoms with Crippen LogP contribution in [0.1, 0.15) is 22.6 Å². The van der Waals surface area contributed by atoms with Crippen LogP contribution < -0.4 is 4.74 Å². The first kappa shape index (κ1) is 16.1. The summed E-state index contributed by atoms with van der Waals surface area (Å²) in [6.07, 6.45) is 0. The van der Waals surface area contributed by atoms with Gasteiger partial charge in [0.25, 0.3) is 0 Å². The zero-order valence-corrected chi connectivity index (χ0v) is 14.5. The van der Waals surface area contributed by atoms with Gasteiger partial charge >= 0.3 is 0 Å². The van der Waals surface area contributed by atoms with E-state index >= 15 is 0 Å². The minimum atomic E-state index is 0.336. The minimum absolute atomic E-state index is 0.336. The molecule has 1 atom stereocenters. The third-order valence-corrected chi connectivity index (χ3v) is 4.27. The van der Waals surface area contributed by atoms with Crippen LogP contribution in [0.2, 0.25) is 0 Å². The summed E-state index contributed by atoms with van der Waals surface area (Å²) in [6, 6.07) is 10.9. The van der Waals surface area contributed by atoms with Crippen LogP contribution in [0.5, 0.6) is 5.75 Å². The van der Waals surface area contributed by atoms with Crippen molar-refractivity contribution in [3.63, 3.8) is 0 Å². The van der Waals surface area contributed by atoms with Gasteiger partial charge in [-0.05, 0) is 46.1 Å². The molecule has 0 saturated heterocycles. The largest absolute Gasteiger partial charge is 0.492 e. The van der Waals surface area contributed by atoms with Crippen LogP contribution in [-0.4, -0.2) is 43.1 Å². The van der Waals surface area contributed by atoms with E-state index in [9.17, 15) is 0 Å². The van der Waals surface area contributed by atoms with E-state index in [1.165, 1.54) is 11.1 Å². The number of nitrogens with zero attached hydrogens (tertiary/aromatic N) is 2. The first-order chi connectivity index (χ1) is 11.0. The Hall–Kier alpha value is -1.78. The molecule has 0 unspecified atom stereocenters. The molecule has 1 aromatic carbocycles. The molecule has 0 saturated carbocycles. The van der Waals surface area contributed by atoms with E-state index in [1.807, 2.05) is 13.0 Å². The van der Waals surface area contributed by atoms with Crippen LogP contribution in [0.15, 0.2) is 34.7 Å². The first-order valence-electron chi connectivity index (χ1n) is 8.17. The molecule has 0 amide bonds. The number of fused-ring (bicyclic) bond motifs is 1. The zero-order chi connectivity index (χ0) is 16.4. The fourth-order valence-electron chi connectivity index (χ4n) is 3.16. The molecule has 2 heterocycles. The van der Waals surface area contributed by atoms with Crippen molar-refractivity contribution in [1.29, 1.82) is 0 Å². The average molecular weight is 314 g/mol. The van der Waals surface area contributed by atoms with Gasteiger partial charge in [0.05, 0.1) is 12.6 Å². The Balaban J connectivity index is 1.86. The summed E-state index contributed by atoms with van der Waals surface area (Å²) in [5, 5.41) is 0. The molecule has 0 N–H and O–H groups in total. The first-order valence-corrected chi connectivity index (χ1v) is 8.17. The Bertz CT molecular complexity index is 663. The molecule has 4 heteroatoms. The number of furan rings is 1. The molecular formula is C19H26N2O2. The Morgan fingerprint density at radius 1 is 1.17 bits per heavy atom. The van der Waals surface area contributed by atoms with Crippen molar-refractivity contribution in [2.75, 3.05) is 27.2 Å². The number of likely N-dealkylation sites (N-methyl/N-ethyl adjacent to an activating group) is 1. The molecule has 1 aliphatic heterocycles. The van der Waals surface area contributed by atoms with Crippen LogP contribution in [0.3, 0.4) is 0 Å². The van der Waals surface area contributed by atoms with Crippen molar-refractivity contribution in [2.45, 2.75) is 33.0 Å². The Morgan fingerprint density at radius 2 is 2.00 bits per heavy atom. The lowest BCUT2D eigenvalue weighted by Crippen LogP contribution is -2.43. The molecule has 3 rings (SSSR count). The molecule has 124 valence electrons. The van der Waals surface area contributed by atoms with Crippen molar-refractivity contribution in [2.24, 2.45) is 0 Å². The summed E-state index contributed by atoms with van der Waals surface area (Å²) < 4.78 is 11.9. The van der Waals surface area contributed by atoms with E-state index in [0.29, 0.717) is 12.6 Å². The highest BCUT2D eigenvalue weighted by atomic mass is 16.5. The van der Waals surface area contributed by atoms with Crippen LogP contribution in [-0.2, 0) is 13.1 Å². The van der Waals surface area contributed by atoms with Gasteiger partial charge in [0.1, 0.15) is 23.9 Å². The van der Waals surface area contributed by atoms with E-state index in [0.717, 1.165) is 36.9 Å². The van der Waals surface area contributed by atoms with Crippen molar-refractivity contribution >= 4 is 0 Å². The number of hydrogen-bond donors (Lipinski definition) is 0. The van der Waals surface area contributed by atoms with Gasteiger partial charge in [-0.3, -0.25) is 4.90 Å². The van der Waals surface area contributed by atoms with Gasteiger partial charge < -0.3 is 14.1 Å². The van der Waals surface area contributed by atoms with Gasteiger partial charge in [-0.25, -0.2) is 0 Å². The fraction of sp³-hybridized carbons (Fsp3) is 0.474. The highest BCUT2D eigenvalue weighted by Crippen LogP contribution is 2.27. The second-order valence-electron chi connectivity index (χ2n) is 6.76. The molecule has 0 bridgehead atoms. The molecule has 1 aliphatic rings. The van der Waals surface area contributed by atoms with Crippen LogP contribution in [0.4, 0.5) is 0 Å². The second kappa shape index (κ2) is 6.77. The van der Waals surface area contributed by atoms with Gasteiger partial charge in [0.15, 0.2) is 0 Å². The van der Waals surface area contributed by atoms with Crippen molar-refractivity contribution in [3.05, 3.63) is 53.0 Å². The van der Waals surface area contributed by atoms with E-state index in [-0.39, 0.29) is 0 Å². The SMILES string of the molecule is Cc1ccc2c(c1)CN(Cc1ccc(C)o1)[C@@H](CN(C)C)CO2. The summed E-state index contributed by atoms with van der Waals surface area (Å²) in [5.74, 6) is 2.99. The van der Waals surface area contributed by atoms with Gasteiger partial charge in [-0.1, -0.05) is 17.7 Å². The molecule has 0 spiro atoms. The van der Waals surface area contributed by atoms with Crippen molar-refractivity contribution in [1.82, 2.24) is 9.80 Å². The van der Waals surface area contributed by atoms with E-state index < -0.39 is 0 Å². The lowest BCUT2D eigenvalue weighted by Gasteiger charge is -2.30. The third kappa shape index (κ3) is 3.95. The predicted octanol–water partition coefficient (Wildman–Crippen LogP) is 3.22. The number of hydrogen-bond acceptors (Lipinski definition) is 4. The summed E-state index contributed by atoms with van der Waals surface area (Å²) in [4.78, 5) is 4.68. The Labute approximate surface area is 138 Å². The Kier molecular flexibility index (Phi) is 4.74. The summed E-state index contributed by atoms with van der Waals surface area (Å²) in [6.45, 7) is 7.48. The number of ether oxygens (including phenoxy) is 1. The van der Waals surface area contributed by atoms with Crippen LogP contribution in [0, 0.1) is 13.8 Å². The summed E-state index contributed by atoms with van der Waals surface area (Å²) >= 11 is 0. The van der Waals surface area contributed by atoms with Crippen molar-refractivity contribution < 1.29 is 9.15 Å². The molecule has 0 aliphatic carbocycles. The maximum Gasteiger partial charge on any atom is 0.123 e. The highest BCUT2D eigenvalue weighted by Gasteiger charge is 2.26. The van der Waals surface area contributed by atoms with Gasteiger partial charge in [0.2, 0.25) is 0 Å². The molecular weight excluding hydrogens is 288 g/mol. The zero-order valence-electron chi connectivity index (χ0n) is 14.5. The second-order valence-corrected chi connectivity index (χ2v) is 6.76. The fourth-order valence-corrected chi connectivity index (χ4v) is 3.16. The van der Waals surface area contributed by atoms with E-state index in [2.05, 4.69) is 55.1 Å². The summed E-state index contributed by atoms with van der Waals surface area (Å²) in [5.41, 5.74) is 2.53. The van der Waals surface area contributed by atoms with Crippen LogP contribution in [0.25, 0.3) is 0 Å². The van der Waals surface area contributed by atoms with Crippen molar-refractivity contribution in [3.8, 4) is 5.75 Å². The molecule has 23 heavy (non-hydrogen) atoms. The molecule has 0 fully saturated rings. The summed E-state index contributed by atoms with van der Waals surface area (Å²) in [7, 11) is 4.22. The van der Waals surface area contributed by atoms with Gasteiger partial charge in [-0.15, -0.1) is 0 Å². The minimum Gasteiger partial charge on any atom is -0.492 e. The van der Waals surface area contributed by atoms with E-state index in [1.54, 1.807) is 0 Å². The topological polar surface area (TPSA) is 28.9 Å². The highest BCUT2D eigenvalue weighted by molar-refractivity contribution is 5.37. The van der Waals surface area contributed by atoms with Gasteiger partial charge in [0, 0.05) is 18.7 Å². The van der Waals surface area contributed by atoms with E-state index in [4.69, 9.17) is 9.15 Å². The number of benzene rings is 1. The maximum atomic E-state index is 6.09. The van der Waals surface area contributed by atoms with Gasteiger partial charge in [-0.2, -0.15) is 0 Å². The number of aryl methyl sites for hydroxylation is 2. The predicted molar refractivity (Wildman–Crippen MR) is 91.7 cm³/mol. The third-order valence-electron chi connectivity index (χ3n) is 4.27. The monoisotopic (exact) mass is 314 g/mol. The molecule has 4 nitrogen and oxygen atoms in total. The number of rotatable bonds is 4. The maximum absolute atomic E-state index is 6.09. The lowest BCUT2D eigenvalue weighted by molar-refractivity contribution is 0.106. The van der Waals surface area contributed by atoms with Crippen LogP contribution >= 0.6 is 0 Å². The Morgan fingerprint density at radius 3 is 2.70 bits per heavy atom. The quantitative estimate of drug-likeness (QED) is 0.866. The standard InChI is InChI=1S/C19H26N2O2/c1-14-5-8-19-16(9-14)10-21(12-18-7-6-15(2)23-18)17(13-22-19)11-20(3)4/h5-9,17H,10-13H2,1-4H3/t17-/m0/s1. The molecule has 2 aromatic rings. The normalized spacial score (nSPS) is 18.6. The lowest BCUT2D eigenvalue weighted by atomic mass is 10.1. The average Bonchev–Trinajstić information content (AvgIpc) is 2.81. The molecule has 0 radical (unpaired) electrons. The smallest absolute Gasteiger partial charge is 0.123 e.